The van der Waals surface area contributed by atoms with E-state index in [2.05, 4.69) is 5.32 Å². The third kappa shape index (κ3) is 7.11. The largest absolute Gasteiger partial charge is 0.481 e. The van der Waals surface area contributed by atoms with E-state index in [0.29, 0.717) is 22.9 Å². The Hall–Kier alpha value is -0.850. The van der Waals surface area contributed by atoms with Crippen molar-refractivity contribution in [2.45, 2.75) is 19.8 Å². The minimum absolute atomic E-state index is 0.0975. The summed E-state index contributed by atoms with van der Waals surface area (Å²) in [5.41, 5.74) is 1.59. The molecule has 0 fully saturated rings. The average Bonchev–Trinajstić information content (AvgIpc) is 2.45. The highest BCUT2D eigenvalue weighted by Crippen LogP contribution is 2.21. The van der Waals surface area contributed by atoms with Crippen LogP contribution in [-0.2, 0) is 11.2 Å². The quantitative estimate of drug-likeness (QED) is 0.528. The van der Waals surface area contributed by atoms with E-state index in [1.807, 2.05) is 13.0 Å². The highest BCUT2D eigenvalue weighted by Gasteiger charge is 2.10. The van der Waals surface area contributed by atoms with Crippen LogP contribution in [0.15, 0.2) is 18.2 Å². The number of hydrogen-bond donors (Lipinski definition) is 2. The lowest BCUT2D eigenvalue weighted by molar-refractivity contribution is -0.136. The Labute approximate surface area is 137 Å². The Morgan fingerprint density at radius 2 is 2.00 bits per heavy atom. The molecule has 0 saturated heterocycles. The summed E-state index contributed by atoms with van der Waals surface area (Å²) in [5.74, 6) is 0.432. The van der Waals surface area contributed by atoms with Gasteiger partial charge in [-0.1, -0.05) is 40.1 Å². The molecular weight excluding hydrogens is 330 g/mol. The molecule has 0 aromatic heterocycles. The molecule has 0 bridgehead atoms. The van der Waals surface area contributed by atoms with Gasteiger partial charge in [0.2, 0.25) is 0 Å². The zero-order valence-corrected chi connectivity index (χ0v) is 14.1. The highest BCUT2D eigenvalue weighted by atomic mass is 35.5. The fraction of sp³-hybridized carbons (Fsp3) is 0.429. The summed E-state index contributed by atoms with van der Waals surface area (Å²) in [6.07, 6.45) is 0.914. The van der Waals surface area contributed by atoms with Crippen molar-refractivity contribution < 1.29 is 14.7 Å². The van der Waals surface area contributed by atoms with Gasteiger partial charge in [-0.05, 0) is 30.2 Å². The van der Waals surface area contributed by atoms with Gasteiger partial charge in [0.05, 0.1) is 6.42 Å². The molecule has 1 amide bonds. The molecule has 2 N–H and O–H groups in total. The van der Waals surface area contributed by atoms with Crippen molar-refractivity contribution in [2.24, 2.45) is 0 Å². The predicted molar refractivity (Wildman–Crippen MR) is 90.3 cm³/mol. The molecule has 0 aliphatic carbocycles. The second-order valence-electron chi connectivity index (χ2n) is 4.20. The van der Waals surface area contributed by atoms with Crippen LogP contribution in [0.4, 0.5) is 0 Å². The topological polar surface area (TPSA) is 66.4 Å². The number of carbonyl (C=O) groups excluding carboxylic acids is 1. The zero-order chi connectivity index (χ0) is 15.7. The van der Waals surface area contributed by atoms with Crippen LogP contribution in [0.5, 0.6) is 0 Å². The van der Waals surface area contributed by atoms with Gasteiger partial charge in [-0.3, -0.25) is 9.59 Å². The van der Waals surface area contributed by atoms with E-state index in [1.54, 1.807) is 22.9 Å². The average molecular weight is 348 g/mol. The summed E-state index contributed by atoms with van der Waals surface area (Å²) in [7, 11) is 3.07. The van der Waals surface area contributed by atoms with Crippen LogP contribution >= 0.6 is 33.2 Å². The predicted octanol–water partition coefficient (Wildman–Crippen LogP) is 3.49. The molecule has 0 aliphatic heterocycles. The number of amides is 1. The zero-order valence-electron chi connectivity index (χ0n) is 11.7. The van der Waals surface area contributed by atoms with Crippen molar-refractivity contribution in [3.63, 3.8) is 0 Å². The number of carboxylic acid groups (broad SMARTS) is 1. The van der Waals surface area contributed by atoms with Crippen LogP contribution in [0, 0.1) is 0 Å². The normalized spacial score (nSPS) is 10.4. The summed E-state index contributed by atoms with van der Waals surface area (Å²) in [6.45, 7) is 2.53. The van der Waals surface area contributed by atoms with E-state index in [-0.39, 0.29) is 12.3 Å². The second kappa shape index (κ2) is 9.97. The van der Waals surface area contributed by atoms with E-state index < -0.39 is 5.97 Å². The van der Waals surface area contributed by atoms with Crippen LogP contribution < -0.4 is 5.32 Å². The Bertz CT molecular complexity index is 497. The van der Waals surface area contributed by atoms with Gasteiger partial charge < -0.3 is 10.4 Å². The molecule has 0 heterocycles. The van der Waals surface area contributed by atoms with Crippen LogP contribution in [-0.4, -0.2) is 35.0 Å². The van der Waals surface area contributed by atoms with Crippen molar-refractivity contribution in [3.05, 3.63) is 34.3 Å². The van der Waals surface area contributed by atoms with E-state index in [4.69, 9.17) is 16.7 Å². The van der Waals surface area contributed by atoms with Crippen molar-refractivity contribution in [1.29, 1.82) is 0 Å². The number of aryl methyl sites for hydroxylation is 1. The van der Waals surface area contributed by atoms with Gasteiger partial charge in [0.15, 0.2) is 0 Å². The molecule has 0 aliphatic rings. The number of hydrogen-bond acceptors (Lipinski definition) is 4. The van der Waals surface area contributed by atoms with Gasteiger partial charge in [-0.25, -0.2) is 0 Å². The van der Waals surface area contributed by atoms with Crippen LogP contribution in [0.3, 0.4) is 0 Å². The highest BCUT2D eigenvalue weighted by molar-refractivity contribution is 8.76. The Kier molecular flexibility index (Phi) is 8.64. The van der Waals surface area contributed by atoms with Crippen molar-refractivity contribution in [2.75, 3.05) is 18.1 Å². The van der Waals surface area contributed by atoms with Gasteiger partial charge in [-0.15, -0.1) is 0 Å². The summed E-state index contributed by atoms with van der Waals surface area (Å²) in [6, 6.07) is 5.27. The second-order valence-corrected chi connectivity index (χ2v) is 7.34. The van der Waals surface area contributed by atoms with E-state index in [9.17, 15) is 9.59 Å². The first kappa shape index (κ1) is 18.2. The summed E-state index contributed by atoms with van der Waals surface area (Å²) < 4.78 is 0. The molecule has 7 heteroatoms. The first-order chi connectivity index (χ1) is 10.0. The monoisotopic (exact) mass is 347 g/mol. The smallest absolute Gasteiger partial charge is 0.304 e. The lowest BCUT2D eigenvalue weighted by Crippen LogP contribution is -2.26. The number of aliphatic carboxylic acids is 1. The SMILES string of the molecule is CCc1cc(Cl)ccc1C(=O)NCCSSCCC(=O)O. The first-order valence-corrected chi connectivity index (χ1v) is 9.44. The fourth-order valence-corrected chi connectivity index (χ4v) is 3.71. The van der Waals surface area contributed by atoms with Crippen LogP contribution in [0.2, 0.25) is 5.02 Å². The Morgan fingerprint density at radius 1 is 1.29 bits per heavy atom. The summed E-state index contributed by atoms with van der Waals surface area (Å²) in [4.78, 5) is 22.4. The minimum Gasteiger partial charge on any atom is -0.481 e. The molecule has 0 atom stereocenters. The van der Waals surface area contributed by atoms with Crippen molar-refractivity contribution in [3.8, 4) is 0 Å². The molecule has 21 heavy (non-hydrogen) atoms. The van der Waals surface area contributed by atoms with E-state index in [1.165, 1.54) is 10.8 Å². The maximum Gasteiger partial charge on any atom is 0.304 e. The molecule has 1 aromatic rings. The number of benzene rings is 1. The molecule has 116 valence electrons. The summed E-state index contributed by atoms with van der Waals surface area (Å²) >= 11 is 5.92. The third-order valence-electron chi connectivity index (χ3n) is 2.65. The molecule has 0 saturated carbocycles. The van der Waals surface area contributed by atoms with Crippen LogP contribution in [0.25, 0.3) is 0 Å². The number of carboxylic acids is 1. The summed E-state index contributed by atoms with van der Waals surface area (Å²) in [5, 5.41) is 12.0. The van der Waals surface area contributed by atoms with Gasteiger partial charge in [-0.2, -0.15) is 0 Å². The van der Waals surface area contributed by atoms with Crippen LogP contribution in [0.1, 0.15) is 29.3 Å². The van der Waals surface area contributed by atoms with Gasteiger partial charge in [0.1, 0.15) is 0 Å². The number of rotatable bonds is 9. The molecule has 0 unspecified atom stereocenters. The maximum atomic E-state index is 12.1. The standard InChI is InChI=1S/C14H18ClNO3S2/c1-2-10-9-11(15)3-4-12(10)14(19)16-6-8-21-20-7-5-13(17)18/h3-4,9H,2,5-8H2,1H3,(H,16,19)(H,17,18). The van der Waals surface area contributed by atoms with Crippen molar-refractivity contribution in [1.82, 2.24) is 5.32 Å². The maximum absolute atomic E-state index is 12.1. The van der Waals surface area contributed by atoms with Gasteiger partial charge >= 0.3 is 5.97 Å². The van der Waals surface area contributed by atoms with E-state index in [0.717, 1.165) is 17.7 Å². The minimum atomic E-state index is -0.786. The molecule has 0 radical (unpaired) electrons. The van der Waals surface area contributed by atoms with Gasteiger partial charge in [0, 0.05) is 28.6 Å². The molecule has 0 spiro atoms. The Balaban J connectivity index is 2.29. The number of carbonyl (C=O) groups is 2. The van der Waals surface area contributed by atoms with Crippen molar-refractivity contribution >= 4 is 45.1 Å². The molecule has 1 rings (SSSR count). The lowest BCUT2D eigenvalue weighted by atomic mass is 10.0. The third-order valence-corrected chi connectivity index (χ3v) is 5.29. The number of nitrogens with one attached hydrogen (secondary N) is 1. The lowest BCUT2D eigenvalue weighted by Gasteiger charge is -2.09. The molecule has 1 aromatic carbocycles. The fourth-order valence-electron chi connectivity index (χ4n) is 1.62. The molecular formula is C14H18ClNO3S2. The molecule has 4 nitrogen and oxygen atoms in total. The van der Waals surface area contributed by atoms with Gasteiger partial charge in [0.25, 0.3) is 5.91 Å². The number of halogens is 1. The Morgan fingerprint density at radius 3 is 2.67 bits per heavy atom. The first-order valence-electron chi connectivity index (χ1n) is 6.57. The van der Waals surface area contributed by atoms with E-state index >= 15 is 0 Å².